The fraction of sp³-hybridized carbons (Fsp3) is 0.344. The van der Waals surface area contributed by atoms with E-state index >= 15 is 0 Å². The van der Waals surface area contributed by atoms with E-state index in [1.165, 1.54) is 52.3 Å². The van der Waals surface area contributed by atoms with E-state index in [-0.39, 0.29) is 0 Å². The molecular formula is C32H39N2+. The van der Waals surface area contributed by atoms with E-state index in [1.807, 2.05) is 0 Å². The van der Waals surface area contributed by atoms with Crippen molar-refractivity contribution in [2.45, 2.75) is 72.4 Å². The molecule has 0 radical (unpaired) electrons. The Labute approximate surface area is 205 Å². The van der Waals surface area contributed by atoms with Gasteiger partial charge in [-0.2, -0.15) is 0 Å². The van der Waals surface area contributed by atoms with Gasteiger partial charge in [-0.25, -0.2) is 9.13 Å². The summed E-state index contributed by atoms with van der Waals surface area (Å²) in [6, 6.07) is 31.2. The highest BCUT2D eigenvalue weighted by Gasteiger charge is 2.33. The summed E-state index contributed by atoms with van der Waals surface area (Å²) in [5.74, 6) is 1.86. The van der Waals surface area contributed by atoms with Gasteiger partial charge in [-0.1, -0.05) is 113 Å². The first-order valence-electron chi connectivity index (χ1n) is 13.0. The standard InChI is InChI=1S/C32H39N2/c1-5-7-23-33-30(27-15-11-9-12-16-27)31(28-17-13-10-14-18-28)34(24-8-6-2)32(33)29-21-19-26(20-22-29)25(3)4/h9-22,25H,5-8,23-24H2,1-4H3/q+1. The molecule has 1 aromatic heterocycles. The number of aromatic nitrogens is 2. The van der Waals surface area contributed by atoms with Gasteiger partial charge in [0.15, 0.2) is 11.4 Å². The molecule has 1 heterocycles. The molecule has 0 bridgehead atoms. The maximum Gasteiger partial charge on any atom is 0.289 e. The van der Waals surface area contributed by atoms with Crippen LogP contribution in [0.15, 0.2) is 84.9 Å². The summed E-state index contributed by atoms with van der Waals surface area (Å²) < 4.78 is 5.20. The Balaban J connectivity index is 2.06. The second kappa shape index (κ2) is 11.3. The predicted octanol–water partition coefficient (Wildman–Crippen LogP) is 8.50. The molecule has 176 valence electrons. The first-order valence-corrected chi connectivity index (χ1v) is 13.0. The fourth-order valence-corrected chi connectivity index (χ4v) is 4.79. The summed E-state index contributed by atoms with van der Waals surface area (Å²) in [7, 11) is 0. The molecule has 0 aliphatic carbocycles. The molecule has 0 amide bonds. The van der Waals surface area contributed by atoms with Gasteiger partial charge in [0.1, 0.15) is 0 Å². The Hall–Kier alpha value is -3.13. The van der Waals surface area contributed by atoms with Crippen LogP contribution in [0.1, 0.15) is 64.9 Å². The molecule has 0 unspecified atom stereocenters. The third-order valence-electron chi connectivity index (χ3n) is 6.68. The van der Waals surface area contributed by atoms with E-state index in [0.29, 0.717) is 5.92 Å². The number of imidazole rings is 1. The van der Waals surface area contributed by atoms with Crippen molar-refractivity contribution in [1.29, 1.82) is 0 Å². The molecule has 0 fully saturated rings. The normalized spacial score (nSPS) is 11.3. The van der Waals surface area contributed by atoms with Crippen LogP contribution in [0, 0.1) is 0 Å². The van der Waals surface area contributed by atoms with Crippen LogP contribution in [0.25, 0.3) is 33.9 Å². The number of hydrogen-bond acceptors (Lipinski definition) is 0. The van der Waals surface area contributed by atoms with E-state index in [1.54, 1.807) is 0 Å². The molecule has 34 heavy (non-hydrogen) atoms. The smallest absolute Gasteiger partial charge is 0.222 e. The first-order chi connectivity index (χ1) is 16.7. The monoisotopic (exact) mass is 451 g/mol. The van der Waals surface area contributed by atoms with E-state index in [0.717, 1.165) is 25.9 Å². The number of hydrogen-bond donors (Lipinski definition) is 0. The minimum Gasteiger partial charge on any atom is -0.222 e. The third-order valence-corrected chi connectivity index (χ3v) is 6.68. The predicted molar refractivity (Wildman–Crippen MR) is 145 cm³/mol. The Morgan fingerprint density at radius 3 is 1.82 bits per heavy atom. The largest absolute Gasteiger partial charge is 0.289 e. The fourth-order valence-electron chi connectivity index (χ4n) is 4.79. The highest BCUT2D eigenvalue weighted by molar-refractivity contribution is 5.79. The lowest BCUT2D eigenvalue weighted by atomic mass is 10.0. The van der Waals surface area contributed by atoms with Crippen LogP contribution in [0.4, 0.5) is 0 Å². The summed E-state index contributed by atoms with van der Waals surface area (Å²) in [6.45, 7) is 11.1. The lowest BCUT2D eigenvalue weighted by Gasteiger charge is -2.09. The maximum absolute atomic E-state index is 2.60. The minimum atomic E-state index is 0.535. The Bertz CT molecular complexity index is 1100. The maximum atomic E-state index is 2.60. The van der Waals surface area contributed by atoms with Crippen LogP contribution in [0.2, 0.25) is 0 Å². The second-order valence-electron chi connectivity index (χ2n) is 9.54. The van der Waals surface area contributed by atoms with E-state index in [9.17, 15) is 0 Å². The average molecular weight is 452 g/mol. The van der Waals surface area contributed by atoms with Gasteiger partial charge >= 0.3 is 0 Å². The van der Waals surface area contributed by atoms with E-state index < -0.39 is 0 Å². The molecular weight excluding hydrogens is 412 g/mol. The average Bonchev–Trinajstić information content (AvgIpc) is 3.21. The molecule has 3 aromatic carbocycles. The van der Waals surface area contributed by atoms with Crippen LogP contribution in [-0.2, 0) is 13.1 Å². The topological polar surface area (TPSA) is 8.81 Å². The summed E-state index contributed by atoms with van der Waals surface area (Å²) in [6.07, 6.45) is 4.67. The number of benzene rings is 3. The lowest BCUT2D eigenvalue weighted by molar-refractivity contribution is -0.675. The minimum absolute atomic E-state index is 0.535. The zero-order valence-electron chi connectivity index (χ0n) is 21.3. The molecule has 4 aromatic rings. The molecule has 2 heteroatoms. The first kappa shape index (κ1) is 24.0. The van der Waals surface area contributed by atoms with Crippen LogP contribution in [0.3, 0.4) is 0 Å². The second-order valence-corrected chi connectivity index (χ2v) is 9.54. The van der Waals surface area contributed by atoms with Crippen LogP contribution < -0.4 is 4.57 Å². The van der Waals surface area contributed by atoms with Gasteiger partial charge in [-0.3, -0.25) is 0 Å². The van der Waals surface area contributed by atoms with Gasteiger partial charge in [0.2, 0.25) is 0 Å². The zero-order valence-corrected chi connectivity index (χ0v) is 21.3. The molecule has 0 saturated heterocycles. The van der Waals surface area contributed by atoms with E-state index in [4.69, 9.17) is 0 Å². The van der Waals surface area contributed by atoms with Crippen molar-refractivity contribution in [2.24, 2.45) is 0 Å². The number of rotatable bonds is 10. The number of unbranched alkanes of at least 4 members (excludes halogenated alkanes) is 2. The van der Waals surface area contributed by atoms with Gasteiger partial charge in [0.25, 0.3) is 5.82 Å². The van der Waals surface area contributed by atoms with Crippen molar-refractivity contribution < 1.29 is 4.57 Å². The van der Waals surface area contributed by atoms with Crippen LogP contribution in [-0.4, -0.2) is 4.57 Å². The molecule has 0 atom stereocenters. The van der Waals surface area contributed by atoms with Gasteiger partial charge < -0.3 is 0 Å². The third kappa shape index (κ3) is 5.01. The molecule has 0 aliphatic rings. The summed E-state index contributed by atoms with van der Waals surface area (Å²) in [5, 5.41) is 0. The highest BCUT2D eigenvalue weighted by atomic mass is 15.2. The van der Waals surface area contributed by atoms with Crippen LogP contribution in [0.5, 0.6) is 0 Å². The molecule has 0 spiro atoms. The number of nitrogens with zero attached hydrogens (tertiary/aromatic N) is 2. The molecule has 2 nitrogen and oxygen atoms in total. The lowest BCUT2D eigenvalue weighted by Crippen LogP contribution is -2.37. The van der Waals surface area contributed by atoms with Crippen molar-refractivity contribution in [3.63, 3.8) is 0 Å². The Morgan fingerprint density at radius 1 is 0.676 bits per heavy atom. The summed E-state index contributed by atoms with van der Waals surface area (Å²) in [4.78, 5) is 0. The van der Waals surface area contributed by atoms with Gasteiger partial charge in [0, 0.05) is 11.1 Å². The molecule has 0 saturated carbocycles. The Kier molecular flexibility index (Phi) is 8.00. The quantitative estimate of drug-likeness (QED) is 0.214. The molecule has 0 aliphatic heterocycles. The van der Waals surface area contributed by atoms with Crippen molar-refractivity contribution in [3.8, 4) is 33.9 Å². The SMILES string of the molecule is CCCCn1c(-c2ccccc2)c(-c2ccccc2)[n+](CCCC)c1-c1ccc(C(C)C)cc1. The van der Waals surface area contributed by atoms with Gasteiger partial charge in [-0.05, 0) is 36.5 Å². The molecule has 0 N–H and O–H groups in total. The zero-order chi connectivity index (χ0) is 23.9. The van der Waals surface area contributed by atoms with Crippen molar-refractivity contribution in [1.82, 2.24) is 4.57 Å². The van der Waals surface area contributed by atoms with Crippen LogP contribution >= 0.6 is 0 Å². The van der Waals surface area contributed by atoms with Crippen molar-refractivity contribution >= 4 is 0 Å². The Morgan fingerprint density at radius 2 is 1.26 bits per heavy atom. The highest BCUT2D eigenvalue weighted by Crippen LogP contribution is 2.36. The van der Waals surface area contributed by atoms with Crippen molar-refractivity contribution in [2.75, 3.05) is 0 Å². The van der Waals surface area contributed by atoms with E-state index in [2.05, 4.69) is 122 Å². The van der Waals surface area contributed by atoms with Gasteiger partial charge in [-0.15, -0.1) is 0 Å². The summed E-state index contributed by atoms with van der Waals surface area (Å²) in [5.41, 5.74) is 7.93. The molecule has 4 rings (SSSR count). The van der Waals surface area contributed by atoms with Crippen molar-refractivity contribution in [3.05, 3.63) is 90.5 Å². The van der Waals surface area contributed by atoms with Gasteiger partial charge in [0.05, 0.1) is 18.7 Å². The summed E-state index contributed by atoms with van der Waals surface area (Å²) >= 11 is 0.